The molecule has 1 unspecified atom stereocenters. The summed E-state index contributed by atoms with van der Waals surface area (Å²) < 4.78 is 24.9. The van der Waals surface area contributed by atoms with Crippen molar-refractivity contribution in [3.8, 4) is 0 Å². The Morgan fingerprint density at radius 3 is 2.27 bits per heavy atom. The molecule has 0 radical (unpaired) electrons. The van der Waals surface area contributed by atoms with Crippen molar-refractivity contribution in [2.24, 2.45) is 5.92 Å². The summed E-state index contributed by atoms with van der Waals surface area (Å²) in [6.07, 6.45) is 6.37. The van der Waals surface area contributed by atoms with Gasteiger partial charge < -0.3 is 26.0 Å². The highest BCUT2D eigenvalue weighted by Gasteiger charge is 2.61. The summed E-state index contributed by atoms with van der Waals surface area (Å²) in [4.78, 5) is 51.6. The van der Waals surface area contributed by atoms with Crippen LogP contribution < -0.4 is 16.0 Å². The quantitative estimate of drug-likeness (QED) is 0.321. The van der Waals surface area contributed by atoms with Crippen LogP contribution in [0.5, 0.6) is 0 Å². The van der Waals surface area contributed by atoms with Crippen molar-refractivity contribution in [1.29, 1.82) is 0 Å². The van der Waals surface area contributed by atoms with Gasteiger partial charge in [0, 0.05) is 12.5 Å². The van der Waals surface area contributed by atoms with Crippen LogP contribution >= 0.6 is 0 Å². The molecule has 0 aromatic carbocycles. The molecule has 3 rings (SSSR count). The number of carbonyl (C=O) groups is 4. The lowest BCUT2D eigenvalue weighted by atomic mass is 9.83. The average molecular weight is 541 g/mol. The highest BCUT2D eigenvalue weighted by molar-refractivity contribution is 7.92. The number of likely N-dealkylation sites (tertiary alicyclic amines) is 1. The van der Waals surface area contributed by atoms with E-state index < -0.39 is 55.5 Å². The Morgan fingerprint density at radius 1 is 1.08 bits per heavy atom. The fraction of sp³-hybridized carbons (Fsp3) is 0.760. The summed E-state index contributed by atoms with van der Waals surface area (Å²) in [7, 11) is -3.49. The number of urea groups is 1. The summed E-state index contributed by atoms with van der Waals surface area (Å²) in [5, 5.41) is 17.5. The lowest BCUT2D eigenvalue weighted by molar-refractivity contribution is -0.145. The molecule has 1 heterocycles. The predicted octanol–water partition coefficient (Wildman–Crippen LogP) is 1.34. The summed E-state index contributed by atoms with van der Waals surface area (Å²) in [5.41, 5.74) is -2.28. The van der Waals surface area contributed by atoms with E-state index in [0.29, 0.717) is 32.2 Å². The topological polar surface area (TPSA) is 162 Å². The van der Waals surface area contributed by atoms with Gasteiger partial charge in [0.1, 0.15) is 11.6 Å². The van der Waals surface area contributed by atoms with E-state index in [-0.39, 0.29) is 24.6 Å². The number of carboxylic acid groups (broad SMARTS) is 1. The number of nitrogens with zero attached hydrogens (tertiary/aromatic N) is 1. The molecule has 2 saturated carbocycles. The minimum Gasteiger partial charge on any atom is -0.479 e. The maximum atomic E-state index is 12.9. The van der Waals surface area contributed by atoms with Gasteiger partial charge in [0.2, 0.25) is 11.8 Å². The van der Waals surface area contributed by atoms with Crippen LogP contribution in [0.25, 0.3) is 0 Å². The number of aliphatic carboxylic acids is 1. The first-order valence-electron chi connectivity index (χ1n) is 12.9. The molecule has 3 atom stereocenters. The van der Waals surface area contributed by atoms with Gasteiger partial charge in [0.15, 0.2) is 9.84 Å². The second kappa shape index (κ2) is 10.6. The van der Waals surface area contributed by atoms with Crippen LogP contribution in [0.15, 0.2) is 12.7 Å². The number of sulfone groups is 1. The number of carbonyl (C=O) groups excluding carboxylic acids is 3. The van der Waals surface area contributed by atoms with E-state index in [0.717, 1.165) is 19.3 Å². The Bertz CT molecular complexity index is 1050. The van der Waals surface area contributed by atoms with Gasteiger partial charge in [0.25, 0.3) is 0 Å². The molecule has 1 saturated heterocycles. The van der Waals surface area contributed by atoms with Crippen molar-refractivity contribution >= 4 is 33.7 Å². The third-order valence-corrected chi connectivity index (χ3v) is 10.7. The summed E-state index contributed by atoms with van der Waals surface area (Å²) in [5.74, 6) is -2.66. The van der Waals surface area contributed by atoms with Crippen LogP contribution in [-0.2, 0) is 24.2 Å². The zero-order valence-electron chi connectivity index (χ0n) is 22.0. The van der Waals surface area contributed by atoms with Gasteiger partial charge >= 0.3 is 12.0 Å². The SMILES string of the molecule is C=CC1C[C@]1(NC(=O)[C@@H]1CCCN1C(=O)CNC(=O)NC1(CS(=O)(=O)C(C)(C)C)CCCCC1)C(=O)O. The highest BCUT2D eigenvalue weighted by Crippen LogP contribution is 2.44. The number of hydrogen-bond donors (Lipinski definition) is 4. The minimum atomic E-state index is -3.49. The standard InChI is InChI=1S/C25H40N4O7S/c1-5-17-14-25(17,21(32)33)27-20(31)18-10-9-13-29(18)19(30)15-26-22(34)28-24(11-7-6-8-12-24)16-37(35,36)23(2,3)4/h5,17-18H,1,6-16H2,2-4H3,(H,27,31)(H,32,33)(H2,26,28,34)/t17?,18-,25+/m0/s1. The van der Waals surface area contributed by atoms with E-state index in [1.54, 1.807) is 20.8 Å². The fourth-order valence-corrected chi connectivity index (χ4v) is 6.83. The second-order valence-electron chi connectivity index (χ2n) is 11.6. The van der Waals surface area contributed by atoms with Gasteiger partial charge in [-0.2, -0.15) is 0 Å². The number of rotatable bonds is 9. The van der Waals surface area contributed by atoms with Crippen molar-refractivity contribution in [3.05, 3.63) is 12.7 Å². The molecular formula is C25H40N4O7S. The molecule has 3 fully saturated rings. The second-order valence-corrected chi connectivity index (χ2v) is 14.3. The predicted molar refractivity (Wildman–Crippen MR) is 137 cm³/mol. The van der Waals surface area contributed by atoms with Crippen molar-refractivity contribution in [2.45, 2.75) is 94.0 Å². The maximum absolute atomic E-state index is 12.9. The average Bonchev–Trinajstić information content (AvgIpc) is 3.29. The molecule has 2 aliphatic carbocycles. The molecule has 0 spiro atoms. The van der Waals surface area contributed by atoms with Gasteiger partial charge in [-0.25, -0.2) is 18.0 Å². The molecule has 12 heteroatoms. The number of hydrogen-bond acceptors (Lipinski definition) is 6. The highest BCUT2D eigenvalue weighted by atomic mass is 32.2. The number of carboxylic acids is 1. The maximum Gasteiger partial charge on any atom is 0.330 e. The van der Waals surface area contributed by atoms with E-state index >= 15 is 0 Å². The van der Waals surface area contributed by atoms with Crippen LogP contribution in [0.4, 0.5) is 4.79 Å². The van der Waals surface area contributed by atoms with Crippen LogP contribution in [-0.4, -0.2) is 82.9 Å². The first-order chi connectivity index (χ1) is 17.2. The van der Waals surface area contributed by atoms with Crippen molar-refractivity contribution < 1.29 is 32.7 Å². The number of amides is 4. The van der Waals surface area contributed by atoms with E-state index in [9.17, 15) is 32.7 Å². The van der Waals surface area contributed by atoms with Crippen molar-refractivity contribution in [3.63, 3.8) is 0 Å². The summed E-state index contributed by atoms with van der Waals surface area (Å²) in [6.45, 7) is 8.48. The van der Waals surface area contributed by atoms with Gasteiger partial charge in [-0.15, -0.1) is 6.58 Å². The monoisotopic (exact) mass is 540 g/mol. The normalized spacial score (nSPS) is 27.2. The summed E-state index contributed by atoms with van der Waals surface area (Å²) >= 11 is 0. The molecule has 4 amide bonds. The Hall–Kier alpha value is -2.63. The molecule has 1 aliphatic heterocycles. The van der Waals surface area contributed by atoms with E-state index in [4.69, 9.17) is 0 Å². The minimum absolute atomic E-state index is 0.170. The largest absolute Gasteiger partial charge is 0.479 e. The third-order valence-electron chi connectivity index (χ3n) is 7.89. The lowest BCUT2D eigenvalue weighted by Crippen LogP contribution is -2.59. The molecule has 0 aromatic rings. The molecular weight excluding hydrogens is 500 g/mol. The van der Waals surface area contributed by atoms with Crippen LogP contribution in [0.2, 0.25) is 0 Å². The van der Waals surface area contributed by atoms with Gasteiger partial charge in [-0.05, 0) is 52.9 Å². The summed E-state index contributed by atoms with van der Waals surface area (Å²) in [6, 6.07) is -1.45. The van der Waals surface area contributed by atoms with E-state index in [2.05, 4.69) is 22.5 Å². The van der Waals surface area contributed by atoms with Gasteiger partial charge in [-0.3, -0.25) is 9.59 Å². The van der Waals surface area contributed by atoms with Crippen LogP contribution in [0.3, 0.4) is 0 Å². The van der Waals surface area contributed by atoms with Gasteiger partial charge in [0.05, 0.1) is 22.6 Å². The van der Waals surface area contributed by atoms with Gasteiger partial charge in [-0.1, -0.05) is 25.3 Å². The zero-order chi connectivity index (χ0) is 27.6. The molecule has 11 nitrogen and oxygen atoms in total. The molecule has 4 N–H and O–H groups in total. The Labute approximate surface area is 218 Å². The lowest BCUT2D eigenvalue weighted by Gasteiger charge is -2.39. The third kappa shape index (κ3) is 6.27. The number of nitrogens with one attached hydrogen (secondary N) is 3. The smallest absolute Gasteiger partial charge is 0.330 e. The van der Waals surface area contributed by atoms with E-state index in [1.165, 1.54) is 11.0 Å². The molecule has 0 bridgehead atoms. The fourth-order valence-electron chi connectivity index (χ4n) is 5.31. The zero-order valence-corrected chi connectivity index (χ0v) is 22.8. The van der Waals surface area contributed by atoms with Crippen LogP contribution in [0.1, 0.15) is 72.1 Å². The Balaban J connectivity index is 1.59. The molecule has 37 heavy (non-hydrogen) atoms. The molecule has 208 valence electrons. The molecule has 0 aromatic heterocycles. The Kier molecular flexibility index (Phi) is 8.31. The Morgan fingerprint density at radius 2 is 1.73 bits per heavy atom. The first kappa shape index (κ1) is 28.9. The molecule has 3 aliphatic rings. The van der Waals surface area contributed by atoms with Crippen molar-refractivity contribution in [1.82, 2.24) is 20.9 Å². The van der Waals surface area contributed by atoms with Crippen LogP contribution in [0, 0.1) is 5.92 Å². The van der Waals surface area contributed by atoms with E-state index in [1.807, 2.05) is 0 Å². The first-order valence-corrected chi connectivity index (χ1v) is 14.6. The van der Waals surface area contributed by atoms with Crippen molar-refractivity contribution in [2.75, 3.05) is 18.8 Å².